The minimum atomic E-state index is -0.474. The summed E-state index contributed by atoms with van der Waals surface area (Å²) in [7, 11) is 1.90. The maximum absolute atomic E-state index is 14.3. The van der Waals surface area contributed by atoms with Crippen LogP contribution in [0.5, 0.6) is 5.75 Å². The molecule has 156 valence electrons. The van der Waals surface area contributed by atoms with Crippen molar-refractivity contribution in [3.05, 3.63) is 59.3 Å². The van der Waals surface area contributed by atoms with Crippen LogP contribution in [0.4, 0.5) is 10.2 Å². The number of ether oxygens (including phenoxy) is 1. The van der Waals surface area contributed by atoms with Crippen molar-refractivity contribution in [1.82, 2.24) is 29.8 Å². The Kier molecular flexibility index (Phi) is 3.71. The van der Waals surface area contributed by atoms with Gasteiger partial charge in [0.1, 0.15) is 17.6 Å². The summed E-state index contributed by atoms with van der Waals surface area (Å²) in [6, 6.07) is 6.57. The topological polar surface area (TPSA) is 96.7 Å². The fourth-order valence-corrected chi connectivity index (χ4v) is 4.72. The Morgan fingerprint density at radius 1 is 1.19 bits per heavy atom. The molecular weight excluding hydrogens is 397 g/mol. The molecule has 31 heavy (non-hydrogen) atoms. The summed E-state index contributed by atoms with van der Waals surface area (Å²) >= 11 is 0. The first kappa shape index (κ1) is 18.1. The SMILES string of the molecule is C[C@H]1Oc2cc(cnc2N)-c2nnn3c2C(CC3)c2cn(C)nc2-c2ccc(F)cc21. The minimum absolute atomic E-state index is 0.0586. The highest BCUT2D eigenvalue weighted by molar-refractivity contribution is 5.72. The number of hydrogen-bond donors (Lipinski definition) is 1. The Morgan fingerprint density at radius 3 is 2.94 bits per heavy atom. The molecule has 2 aliphatic rings. The van der Waals surface area contributed by atoms with Crippen LogP contribution in [0.3, 0.4) is 0 Å². The maximum Gasteiger partial charge on any atom is 0.166 e. The lowest BCUT2D eigenvalue weighted by molar-refractivity contribution is 0.227. The third-order valence-electron chi connectivity index (χ3n) is 6.13. The summed E-state index contributed by atoms with van der Waals surface area (Å²) < 4.78 is 24.2. The molecule has 6 rings (SSSR count). The van der Waals surface area contributed by atoms with Gasteiger partial charge in [-0.1, -0.05) is 5.21 Å². The summed E-state index contributed by atoms with van der Waals surface area (Å²) in [4.78, 5) is 4.32. The van der Waals surface area contributed by atoms with Crippen molar-refractivity contribution in [2.75, 3.05) is 5.73 Å². The van der Waals surface area contributed by atoms with E-state index in [1.165, 1.54) is 12.1 Å². The van der Waals surface area contributed by atoms with Gasteiger partial charge >= 0.3 is 0 Å². The lowest BCUT2D eigenvalue weighted by atomic mass is 9.89. The molecule has 2 N–H and O–H groups in total. The van der Waals surface area contributed by atoms with E-state index in [1.807, 2.05) is 30.9 Å². The molecule has 1 unspecified atom stereocenters. The average molecular weight is 417 g/mol. The quantitative estimate of drug-likeness (QED) is 0.471. The Labute approximate surface area is 177 Å². The second-order valence-corrected chi connectivity index (χ2v) is 8.09. The van der Waals surface area contributed by atoms with Gasteiger partial charge in [0.25, 0.3) is 0 Å². The molecule has 0 aliphatic carbocycles. The Morgan fingerprint density at radius 2 is 2.06 bits per heavy atom. The molecular formula is C22H20FN7O. The first-order chi connectivity index (χ1) is 15.0. The molecule has 2 atom stereocenters. The number of halogens is 1. The van der Waals surface area contributed by atoms with Crippen LogP contribution in [0.1, 0.15) is 42.2 Å². The van der Waals surface area contributed by atoms with E-state index in [-0.39, 0.29) is 17.6 Å². The van der Waals surface area contributed by atoms with Crippen LogP contribution < -0.4 is 10.5 Å². The number of aryl methyl sites for hydroxylation is 2. The van der Waals surface area contributed by atoms with Gasteiger partial charge in [0.15, 0.2) is 11.6 Å². The van der Waals surface area contributed by atoms with Gasteiger partial charge in [0, 0.05) is 54.2 Å². The zero-order chi connectivity index (χ0) is 21.3. The standard InChI is InChI=1S/C22H20FN7O/c1-11-16-8-13(23)3-4-14(16)20-17(10-29(2)27-20)15-5-6-30-21(15)19(26-28-30)12-7-18(31-11)22(24)25-9-12/h3-4,7-11,15H,5-6H2,1-2H3,(H2,24,25)/t11-,15?/m1/s1. The van der Waals surface area contributed by atoms with E-state index < -0.39 is 6.10 Å². The van der Waals surface area contributed by atoms with E-state index in [1.54, 1.807) is 16.9 Å². The molecule has 0 radical (unpaired) electrons. The predicted octanol–water partition coefficient (Wildman–Crippen LogP) is 3.45. The number of aromatic nitrogens is 6. The summed E-state index contributed by atoms with van der Waals surface area (Å²) in [5.41, 5.74) is 12.1. The molecule has 5 heterocycles. The van der Waals surface area contributed by atoms with Gasteiger partial charge in [-0.3, -0.25) is 4.68 Å². The second kappa shape index (κ2) is 6.37. The van der Waals surface area contributed by atoms with E-state index in [0.29, 0.717) is 11.3 Å². The normalized spacial score (nSPS) is 18.9. The molecule has 0 amide bonds. The maximum atomic E-state index is 14.3. The van der Waals surface area contributed by atoms with E-state index in [2.05, 4.69) is 15.3 Å². The highest BCUT2D eigenvalue weighted by Gasteiger charge is 2.35. The summed E-state index contributed by atoms with van der Waals surface area (Å²) in [6.07, 6.45) is 4.13. The zero-order valence-corrected chi connectivity index (χ0v) is 17.1. The number of nitrogens with two attached hydrogens (primary N) is 1. The van der Waals surface area contributed by atoms with Crippen LogP contribution in [0.15, 0.2) is 36.7 Å². The average Bonchev–Trinajstić information content (AvgIpc) is 3.44. The Balaban J connectivity index is 1.69. The number of fused-ring (bicyclic) bond motifs is 7. The first-order valence-electron chi connectivity index (χ1n) is 10.2. The highest BCUT2D eigenvalue weighted by Crippen LogP contribution is 2.45. The van der Waals surface area contributed by atoms with E-state index in [9.17, 15) is 4.39 Å². The first-order valence-corrected chi connectivity index (χ1v) is 10.2. The Hall–Kier alpha value is -3.75. The van der Waals surface area contributed by atoms with Gasteiger partial charge in [0.05, 0.1) is 11.4 Å². The van der Waals surface area contributed by atoms with Gasteiger partial charge < -0.3 is 10.5 Å². The van der Waals surface area contributed by atoms with Crippen LogP contribution in [0.2, 0.25) is 0 Å². The molecule has 9 heteroatoms. The third kappa shape index (κ3) is 2.66. The van der Waals surface area contributed by atoms with Crippen molar-refractivity contribution in [2.45, 2.75) is 31.9 Å². The van der Waals surface area contributed by atoms with Crippen molar-refractivity contribution in [3.63, 3.8) is 0 Å². The lowest BCUT2D eigenvalue weighted by Gasteiger charge is -2.21. The molecule has 3 aromatic heterocycles. The fraction of sp³-hybridized carbons (Fsp3) is 0.273. The zero-order valence-electron chi connectivity index (χ0n) is 17.1. The number of hydrogen-bond acceptors (Lipinski definition) is 6. The minimum Gasteiger partial charge on any atom is -0.482 e. The van der Waals surface area contributed by atoms with Gasteiger partial charge in [-0.15, -0.1) is 5.10 Å². The molecule has 0 spiro atoms. The highest BCUT2D eigenvalue weighted by atomic mass is 19.1. The van der Waals surface area contributed by atoms with Gasteiger partial charge in [-0.25, -0.2) is 14.1 Å². The number of pyridine rings is 1. The molecule has 4 aromatic rings. The largest absolute Gasteiger partial charge is 0.482 e. The summed E-state index contributed by atoms with van der Waals surface area (Å²) in [6.45, 7) is 2.63. The number of nitrogens with zero attached hydrogens (tertiary/aromatic N) is 6. The lowest BCUT2D eigenvalue weighted by Crippen LogP contribution is -2.10. The van der Waals surface area contributed by atoms with Crippen molar-refractivity contribution in [1.29, 1.82) is 0 Å². The Bertz CT molecular complexity index is 1340. The molecule has 0 saturated carbocycles. The molecule has 0 fully saturated rings. The van der Waals surface area contributed by atoms with Crippen molar-refractivity contribution in [3.8, 4) is 28.3 Å². The fourth-order valence-electron chi connectivity index (χ4n) is 4.72. The third-order valence-corrected chi connectivity index (χ3v) is 6.13. The van der Waals surface area contributed by atoms with E-state index in [4.69, 9.17) is 15.6 Å². The van der Waals surface area contributed by atoms with Gasteiger partial charge in [0.2, 0.25) is 0 Å². The summed E-state index contributed by atoms with van der Waals surface area (Å²) in [5, 5.41) is 13.6. The van der Waals surface area contributed by atoms with E-state index >= 15 is 0 Å². The van der Waals surface area contributed by atoms with Crippen molar-refractivity contribution < 1.29 is 9.13 Å². The number of benzene rings is 1. The smallest absolute Gasteiger partial charge is 0.166 e. The van der Waals surface area contributed by atoms with Crippen molar-refractivity contribution in [2.24, 2.45) is 7.05 Å². The predicted molar refractivity (Wildman–Crippen MR) is 112 cm³/mol. The molecule has 1 aromatic carbocycles. The molecule has 2 bridgehead atoms. The van der Waals surface area contributed by atoms with Crippen molar-refractivity contribution >= 4 is 5.82 Å². The number of rotatable bonds is 0. The van der Waals surface area contributed by atoms with Gasteiger partial charge in [-0.2, -0.15) is 5.10 Å². The van der Waals surface area contributed by atoms with Crippen LogP contribution in [0.25, 0.3) is 22.5 Å². The molecule has 0 saturated heterocycles. The monoisotopic (exact) mass is 417 g/mol. The van der Waals surface area contributed by atoms with Crippen LogP contribution >= 0.6 is 0 Å². The van der Waals surface area contributed by atoms with Crippen LogP contribution in [-0.4, -0.2) is 29.8 Å². The van der Waals surface area contributed by atoms with Crippen LogP contribution in [-0.2, 0) is 13.6 Å². The van der Waals surface area contributed by atoms with Gasteiger partial charge in [-0.05, 0) is 37.6 Å². The van der Waals surface area contributed by atoms with E-state index in [0.717, 1.165) is 46.7 Å². The molecule has 8 nitrogen and oxygen atoms in total. The number of nitrogen functional groups attached to an aromatic ring is 1. The second-order valence-electron chi connectivity index (χ2n) is 8.09. The molecule has 2 aliphatic heterocycles. The summed E-state index contributed by atoms with van der Waals surface area (Å²) in [5.74, 6) is 0.426. The van der Waals surface area contributed by atoms with Crippen LogP contribution in [0, 0.1) is 5.82 Å². The number of anilines is 1.